The molecule has 0 saturated carbocycles. The summed E-state index contributed by atoms with van der Waals surface area (Å²) in [5, 5.41) is 10.5. The molecule has 1 N–H and O–H groups in total. The molecule has 3 nitrogen and oxygen atoms in total. The van der Waals surface area contributed by atoms with Crippen molar-refractivity contribution in [1.82, 2.24) is 9.97 Å². The lowest BCUT2D eigenvalue weighted by Crippen LogP contribution is -2.15. The average Bonchev–Trinajstić information content (AvgIpc) is 2.96. The van der Waals surface area contributed by atoms with Crippen LogP contribution in [0, 0.1) is 11.6 Å². The molecule has 0 bridgehead atoms. The van der Waals surface area contributed by atoms with Gasteiger partial charge < -0.3 is 5.11 Å². The van der Waals surface area contributed by atoms with Crippen LogP contribution in [-0.2, 0) is 5.41 Å². The molecular formula is C25H18F2N2O. The van der Waals surface area contributed by atoms with Crippen molar-refractivity contribution >= 4 is 0 Å². The number of fused-ring (bicyclic) bond motifs is 3. The monoisotopic (exact) mass is 400 g/mol. The molecule has 0 saturated heterocycles. The largest absolute Gasteiger partial charge is 0.507 e. The van der Waals surface area contributed by atoms with E-state index in [0.29, 0.717) is 16.8 Å². The van der Waals surface area contributed by atoms with E-state index in [-0.39, 0.29) is 28.2 Å². The zero-order valence-electron chi connectivity index (χ0n) is 16.4. The zero-order valence-corrected chi connectivity index (χ0v) is 16.4. The summed E-state index contributed by atoms with van der Waals surface area (Å²) in [4.78, 5) is 8.94. The minimum atomic E-state index is -0.783. The molecule has 5 rings (SSSR count). The Morgan fingerprint density at radius 1 is 0.733 bits per heavy atom. The Morgan fingerprint density at radius 3 is 2.23 bits per heavy atom. The maximum absolute atomic E-state index is 14.7. The Kier molecular flexibility index (Phi) is 3.97. The number of pyridine rings is 2. The van der Waals surface area contributed by atoms with E-state index in [0.717, 1.165) is 17.2 Å². The van der Waals surface area contributed by atoms with Crippen molar-refractivity contribution in [3.63, 3.8) is 0 Å². The summed E-state index contributed by atoms with van der Waals surface area (Å²) in [6.07, 6.45) is 0. The maximum Gasteiger partial charge on any atom is 0.154 e. The van der Waals surface area contributed by atoms with Crippen molar-refractivity contribution in [2.75, 3.05) is 0 Å². The number of hydrogen-bond donors (Lipinski definition) is 1. The van der Waals surface area contributed by atoms with Gasteiger partial charge >= 0.3 is 0 Å². The topological polar surface area (TPSA) is 46.0 Å². The highest BCUT2D eigenvalue weighted by Gasteiger charge is 2.38. The Morgan fingerprint density at radius 2 is 1.47 bits per heavy atom. The van der Waals surface area contributed by atoms with Gasteiger partial charge in [-0.05, 0) is 23.3 Å². The quantitative estimate of drug-likeness (QED) is 0.442. The molecule has 30 heavy (non-hydrogen) atoms. The van der Waals surface area contributed by atoms with Gasteiger partial charge in [0.2, 0.25) is 0 Å². The number of benzene rings is 2. The van der Waals surface area contributed by atoms with E-state index in [1.807, 2.05) is 18.2 Å². The van der Waals surface area contributed by atoms with Gasteiger partial charge in [0.1, 0.15) is 17.1 Å². The molecule has 1 aliphatic carbocycles. The van der Waals surface area contributed by atoms with Gasteiger partial charge in [0.15, 0.2) is 11.6 Å². The zero-order chi connectivity index (χ0) is 21.0. The van der Waals surface area contributed by atoms with Crippen LogP contribution in [-0.4, -0.2) is 15.1 Å². The fourth-order valence-corrected chi connectivity index (χ4v) is 4.19. The molecule has 5 heteroatoms. The van der Waals surface area contributed by atoms with Crippen LogP contribution in [0.2, 0.25) is 0 Å². The van der Waals surface area contributed by atoms with Crippen molar-refractivity contribution in [2.45, 2.75) is 19.3 Å². The summed E-state index contributed by atoms with van der Waals surface area (Å²) >= 11 is 0. The molecule has 1 aliphatic rings. The Balaban J connectivity index is 1.72. The van der Waals surface area contributed by atoms with Crippen LogP contribution in [0.5, 0.6) is 5.75 Å². The van der Waals surface area contributed by atoms with E-state index in [2.05, 4.69) is 23.8 Å². The highest BCUT2D eigenvalue weighted by Crippen LogP contribution is 2.51. The maximum atomic E-state index is 14.7. The predicted molar refractivity (Wildman–Crippen MR) is 112 cm³/mol. The molecule has 2 aromatic carbocycles. The lowest BCUT2D eigenvalue weighted by Gasteiger charge is -2.21. The van der Waals surface area contributed by atoms with Crippen LogP contribution < -0.4 is 0 Å². The van der Waals surface area contributed by atoms with Gasteiger partial charge in [0.05, 0.1) is 11.4 Å². The lowest BCUT2D eigenvalue weighted by molar-refractivity contribution is 0.476. The SMILES string of the molecule is CC1(C)c2ccc(-c3nc(-c4ccccc4)c(F)cc3F)nc2-c2c(O)cccc21. The molecule has 2 heterocycles. The highest BCUT2D eigenvalue weighted by atomic mass is 19.1. The van der Waals surface area contributed by atoms with Gasteiger partial charge in [-0.25, -0.2) is 18.7 Å². The van der Waals surface area contributed by atoms with Crippen LogP contribution >= 0.6 is 0 Å². The van der Waals surface area contributed by atoms with Gasteiger partial charge in [0, 0.05) is 22.6 Å². The number of hydrogen-bond acceptors (Lipinski definition) is 3. The normalized spacial score (nSPS) is 13.7. The van der Waals surface area contributed by atoms with Crippen LogP contribution in [0.25, 0.3) is 33.9 Å². The molecule has 0 spiro atoms. The fraction of sp³-hybridized carbons (Fsp3) is 0.120. The summed E-state index contributed by atoms with van der Waals surface area (Å²) in [6.45, 7) is 4.12. The molecule has 4 aromatic rings. The lowest BCUT2D eigenvalue weighted by atomic mass is 9.83. The summed E-state index contributed by atoms with van der Waals surface area (Å²) in [7, 11) is 0. The van der Waals surface area contributed by atoms with E-state index in [4.69, 9.17) is 0 Å². The van der Waals surface area contributed by atoms with Crippen LogP contribution in [0.1, 0.15) is 25.0 Å². The van der Waals surface area contributed by atoms with Crippen molar-refractivity contribution < 1.29 is 13.9 Å². The number of aromatic hydroxyl groups is 1. The molecule has 0 fully saturated rings. The molecule has 2 aromatic heterocycles. The molecule has 0 unspecified atom stereocenters. The second kappa shape index (κ2) is 6.46. The van der Waals surface area contributed by atoms with Crippen molar-refractivity contribution in [3.05, 3.63) is 89.5 Å². The van der Waals surface area contributed by atoms with Crippen molar-refractivity contribution in [2.24, 2.45) is 0 Å². The summed E-state index contributed by atoms with van der Waals surface area (Å²) in [5.41, 5.74) is 3.67. The van der Waals surface area contributed by atoms with Crippen molar-refractivity contribution in [1.29, 1.82) is 0 Å². The number of halogens is 2. The third-order valence-corrected chi connectivity index (χ3v) is 5.74. The van der Waals surface area contributed by atoms with Crippen LogP contribution in [0.4, 0.5) is 8.78 Å². The second-order valence-electron chi connectivity index (χ2n) is 7.93. The summed E-state index contributed by atoms with van der Waals surface area (Å²) in [6, 6.07) is 18.6. The summed E-state index contributed by atoms with van der Waals surface area (Å²) < 4.78 is 29.2. The molecule has 0 atom stereocenters. The van der Waals surface area contributed by atoms with Crippen LogP contribution in [0.15, 0.2) is 66.7 Å². The standard InChI is InChI=1S/C25H18F2N2O/c1-25(2)15-9-6-10-20(30)21(15)23-16(25)11-12-19(28-23)24-18(27)13-17(26)22(29-24)14-7-4-3-5-8-14/h3-13,30H,1-2H3. The van der Waals surface area contributed by atoms with Gasteiger partial charge in [-0.1, -0.05) is 62.4 Å². The van der Waals surface area contributed by atoms with Gasteiger partial charge in [0.25, 0.3) is 0 Å². The molecule has 0 amide bonds. The third kappa shape index (κ3) is 2.62. The first-order valence-corrected chi connectivity index (χ1v) is 9.64. The van der Waals surface area contributed by atoms with Crippen LogP contribution in [0.3, 0.4) is 0 Å². The van der Waals surface area contributed by atoms with E-state index >= 15 is 0 Å². The number of nitrogens with zero attached hydrogens (tertiary/aromatic N) is 2. The minimum absolute atomic E-state index is 0.0280. The Bertz CT molecular complexity index is 1300. The predicted octanol–water partition coefficient (Wildman–Crippen LogP) is 6.10. The molecule has 148 valence electrons. The van der Waals surface area contributed by atoms with E-state index in [9.17, 15) is 13.9 Å². The second-order valence-corrected chi connectivity index (χ2v) is 7.93. The smallest absolute Gasteiger partial charge is 0.154 e. The number of phenols is 1. The Labute approximate surface area is 172 Å². The van der Waals surface area contributed by atoms with Gasteiger partial charge in [-0.2, -0.15) is 0 Å². The van der Waals surface area contributed by atoms with Crippen molar-refractivity contribution in [3.8, 4) is 39.7 Å². The van der Waals surface area contributed by atoms with Gasteiger partial charge in [-0.3, -0.25) is 0 Å². The third-order valence-electron chi connectivity index (χ3n) is 5.74. The highest BCUT2D eigenvalue weighted by molar-refractivity contribution is 5.83. The number of aromatic nitrogens is 2. The van der Waals surface area contributed by atoms with Gasteiger partial charge in [-0.15, -0.1) is 0 Å². The number of rotatable bonds is 2. The van der Waals surface area contributed by atoms with E-state index < -0.39 is 11.6 Å². The van der Waals surface area contributed by atoms with E-state index in [1.165, 1.54) is 0 Å². The first kappa shape index (κ1) is 18.4. The first-order chi connectivity index (χ1) is 14.4. The average molecular weight is 400 g/mol. The first-order valence-electron chi connectivity index (χ1n) is 9.64. The number of phenolic OH excluding ortho intramolecular Hbond substituents is 1. The molecule has 0 aliphatic heterocycles. The minimum Gasteiger partial charge on any atom is -0.507 e. The fourth-order valence-electron chi connectivity index (χ4n) is 4.19. The van der Waals surface area contributed by atoms with E-state index in [1.54, 1.807) is 42.5 Å². The molecule has 0 radical (unpaired) electrons. The molecular weight excluding hydrogens is 382 g/mol. The Hall–Kier alpha value is -3.60. The summed E-state index contributed by atoms with van der Waals surface area (Å²) in [5.74, 6) is -1.39.